The first-order chi connectivity index (χ1) is 8.27. The van der Waals surface area contributed by atoms with Crippen molar-refractivity contribution < 1.29 is 13.5 Å². The molecule has 0 bridgehead atoms. The fourth-order valence-corrected chi connectivity index (χ4v) is 3.48. The van der Waals surface area contributed by atoms with E-state index in [1.54, 1.807) is 0 Å². The first-order valence-electron chi connectivity index (χ1n) is 6.88. The van der Waals surface area contributed by atoms with Crippen molar-refractivity contribution >= 4 is 9.84 Å². The molecule has 18 heavy (non-hydrogen) atoms. The number of aliphatic hydroxyl groups excluding tert-OH is 1. The van der Waals surface area contributed by atoms with Crippen LogP contribution in [0.1, 0.15) is 47.0 Å². The molecule has 0 saturated heterocycles. The predicted octanol–water partition coefficient (Wildman–Crippen LogP) is 1.68. The van der Waals surface area contributed by atoms with Crippen LogP contribution in [0.25, 0.3) is 0 Å². The number of hydrogen-bond acceptors (Lipinski definition) is 4. The Hall–Kier alpha value is -0.130. The van der Waals surface area contributed by atoms with Gasteiger partial charge in [-0.3, -0.25) is 4.90 Å². The lowest BCUT2D eigenvalue weighted by atomic mass is 9.83. The second-order valence-electron chi connectivity index (χ2n) is 4.92. The average Bonchev–Trinajstić information content (AvgIpc) is 2.32. The summed E-state index contributed by atoms with van der Waals surface area (Å²) in [6.45, 7) is 10.0. The van der Waals surface area contributed by atoms with E-state index >= 15 is 0 Å². The zero-order chi connectivity index (χ0) is 14.4. The van der Waals surface area contributed by atoms with Gasteiger partial charge in [0.2, 0.25) is 0 Å². The molecule has 0 spiro atoms. The zero-order valence-electron chi connectivity index (χ0n) is 12.4. The summed E-state index contributed by atoms with van der Waals surface area (Å²) >= 11 is 0. The van der Waals surface area contributed by atoms with Gasteiger partial charge < -0.3 is 5.11 Å². The third-order valence-corrected chi connectivity index (χ3v) is 4.98. The van der Waals surface area contributed by atoms with Crippen molar-refractivity contribution in [3.05, 3.63) is 0 Å². The Kier molecular flexibility index (Phi) is 7.40. The van der Waals surface area contributed by atoms with E-state index in [4.69, 9.17) is 0 Å². The maximum atomic E-state index is 11.2. The van der Waals surface area contributed by atoms with E-state index in [2.05, 4.69) is 32.6 Å². The first kappa shape index (κ1) is 17.9. The molecule has 0 aromatic carbocycles. The smallest absolute Gasteiger partial charge is 0.147 e. The van der Waals surface area contributed by atoms with Gasteiger partial charge in [-0.15, -0.1) is 0 Å². The van der Waals surface area contributed by atoms with E-state index in [0.29, 0.717) is 6.42 Å². The molecule has 0 rings (SSSR count). The van der Waals surface area contributed by atoms with Crippen LogP contribution in [0.4, 0.5) is 0 Å². The van der Waals surface area contributed by atoms with Crippen molar-refractivity contribution in [2.24, 2.45) is 0 Å². The van der Waals surface area contributed by atoms with Gasteiger partial charge in [0.1, 0.15) is 9.84 Å². The lowest BCUT2D eigenvalue weighted by molar-refractivity contribution is -0.0356. The fourth-order valence-electron chi connectivity index (χ4n) is 2.83. The van der Waals surface area contributed by atoms with E-state index in [-0.39, 0.29) is 11.3 Å². The van der Waals surface area contributed by atoms with Crippen LogP contribution < -0.4 is 0 Å². The van der Waals surface area contributed by atoms with E-state index in [0.717, 1.165) is 25.9 Å². The number of nitrogens with zero attached hydrogens (tertiary/aromatic N) is 1. The molecule has 0 radical (unpaired) electrons. The lowest BCUT2D eigenvalue weighted by Gasteiger charge is -2.45. The Morgan fingerprint density at radius 2 is 1.56 bits per heavy atom. The van der Waals surface area contributed by atoms with Gasteiger partial charge in [-0.25, -0.2) is 8.42 Å². The summed E-state index contributed by atoms with van der Waals surface area (Å²) in [5.74, 6) is 0.0528. The molecule has 0 aromatic rings. The maximum absolute atomic E-state index is 11.2. The van der Waals surface area contributed by atoms with E-state index in [1.807, 2.05) is 0 Å². The monoisotopic (exact) mass is 279 g/mol. The normalized spacial score (nSPS) is 15.1. The molecule has 110 valence electrons. The Morgan fingerprint density at radius 1 is 1.11 bits per heavy atom. The zero-order valence-corrected chi connectivity index (χ0v) is 13.3. The second kappa shape index (κ2) is 7.46. The van der Waals surface area contributed by atoms with Crippen molar-refractivity contribution in [3.8, 4) is 0 Å². The average molecular weight is 279 g/mol. The molecule has 0 aliphatic heterocycles. The number of aliphatic hydroxyl groups is 1. The SMILES string of the molecule is CCN(CC)C(CC)(CC)C(O)CCS(C)(=O)=O. The van der Waals surface area contributed by atoms with Crippen molar-refractivity contribution in [3.63, 3.8) is 0 Å². The molecule has 0 heterocycles. The van der Waals surface area contributed by atoms with Gasteiger partial charge in [-0.1, -0.05) is 27.7 Å². The molecular formula is C13H29NO3S. The third-order valence-electron chi connectivity index (χ3n) is 4.00. The minimum Gasteiger partial charge on any atom is -0.391 e. The van der Waals surface area contributed by atoms with Gasteiger partial charge >= 0.3 is 0 Å². The van der Waals surface area contributed by atoms with Crippen LogP contribution >= 0.6 is 0 Å². The summed E-state index contributed by atoms with van der Waals surface area (Å²) in [7, 11) is -3.01. The molecular weight excluding hydrogens is 250 g/mol. The maximum Gasteiger partial charge on any atom is 0.147 e. The summed E-state index contributed by atoms with van der Waals surface area (Å²) in [6.07, 6.45) is 2.60. The first-order valence-corrected chi connectivity index (χ1v) is 8.94. The molecule has 0 fully saturated rings. The Labute approximate surface area is 112 Å². The van der Waals surface area contributed by atoms with Crippen LogP contribution in [0.15, 0.2) is 0 Å². The van der Waals surface area contributed by atoms with Gasteiger partial charge in [0.25, 0.3) is 0 Å². The molecule has 1 atom stereocenters. The number of sulfone groups is 1. The molecule has 0 amide bonds. The minimum absolute atomic E-state index is 0.0528. The Balaban J connectivity index is 4.97. The summed E-state index contributed by atoms with van der Waals surface area (Å²) in [4.78, 5) is 2.25. The molecule has 1 N–H and O–H groups in total. The van der Waals surface area contributed by atoms with Gasteiger partial charge in [-0.05, 0) is 32.4 Å². The van der Waals surface area contributed by atoms with Crippen LogP contribution in [-0.4, -0.2) is 55.2 Å². The molecule has 5 heteroatoms. The van der Waals surface area contributed by atoms with Crippen molar-refractivity contribution in [2.75, 3.05) is 25.1 Å². The highest BCUT2D eigenvalue weighted by atomic mass is 32.2. The quantitative estimate of drug-likeness (QED) is 0.698. The fraction of sp³-hybridized carbons (Fsp3) is 1.00. The van der Waals surface area contributed by atoms with Crippen LogP contribution in [0.3, 0.4) is 0 Å². The van der Waals surface area contributed by atoms with Crippen LogP contribution in [0.5, 0.6) is 0 Å². The van der Waals surface area contributed by atoms with Crippen molar-refractivity contribution in [2.45, 2.75) is 58.6 Å². The van der Waals surface area contributed by atoms with Crippen LogP contribution in [0.2, 0.25) is 0 Å². The number of hydrogen-bond donors (Lipinski definition) is 1. The van der Waals surface area contributed by atoms with E-state index in [1.165, 1.54) is 6.26 Å². The predicted molar refractivity (Wildman–Crippen MR) is 76.6 cm³/mol. The van der Waals surface area contributed by atoms with Gasteiger partial charge in [-0.2, -0.15) is 0 Å². The van der Waals surface area contributed by atoms with Gasteiger partial charge in [0, 0.05) is 11.8 Å². The second-order valence-corrected chi connectivity index (χ2v) is 7.18. The number of likely N-dealkylation sites (N-methyl/N-ethyl adjacent to an activating group) is 1. The molecule has 0 aliphatic rings. The molecule has 0 aliphatic carbocycles. The van der Waals surface area contributed by atoms with E-state index in [9.17, 15) is 13.5 Å². The highest BCUT2D eigenvalue weighted by molar-refractivity contribution is 7.90. The molecule has 1 unspecified atom stereocenters. The molecule has 0 aromatic heterocycles. The Bertz CT molecular complexity index is 319. The van der Waals surface area contributed by atoms with E-state index < -0.39 is 15.9 Å². The molecule has 0 saturated carbocycles. The summed E-state index contributed by atoms with van der Waals surface area (Å²) in [5, 5.41) is 10.4. The third kappa shape index (κ3) is 4.52. The van der Waals surface area contributed by atoms with Crippen molar-refractivity contribution in [1.82, 2.24) is 4.90 Å². The Morgan fingerprint density at radius 3 is 1.83 bits per heavy atom. The summed E-state index contributed by atoms with van der Waals surface area (Å²) < 4.78 is 22.4. The number of rotatable bonds is 9. The van der Waals surface area contributed by atoms with Crippen LogP contribution in [-0.2, 0) is 9.84 Å². The minimum atomic E-state index is -3.01. The van der Waals surface area contributed by atoms with Gasteiger partial charge in [0.05, 0.1) is 11.9 Å². The van der Waals surface area contributed by atoms with Crippen LogP contribution in [0, 0.1) is 0 Å². The lowest BCUT2D eigenvalue weighted by Crippen LogP contribution is -2.56. The standard InChI is InChI=1S/C13H29NO3S/c1-6-13(7-2,14(8-3)9-4)12(15)10-11-18(5,16)17/h12,15H,6-11H2,1-5H3. The highest BCUT2D eigenvalue weighted by Crippen LogP contribution is 2.29. The summed E-state index contributed by atoms with van der Waals surface area (Å²) in [5.41, 5.74) is -0.297. The largest absolute Gasteiger partial charge is 0.391 e. The molecule has 4 nitrogen and oxygen atoms in total. The summed E-state index contributed by atoms with van der Waals surface area (Å²) in [6, 6.07) is 0. The van der Waals surface area contributed by atoms with Crippen molar-refractivity contribution in [1.29, 1.82) is 0 Å². The topological polar surface area (TPSA) is 57.6 Å². The highest BCUT2D eigenvalue weighted by Gasteiger charge is 2.38. The van der Waals surface area contributed by atoms with Gasteiger partial charge in [0.15, 0.2) is 0 Å².